The molecule has 69 heavy (non-hydrogen) atoms. The molecule has 0 aliphatic heterocycles. The second-order valence-corrected chi connectivity index (χ2v) is 21.2. The predicted molar refractivity (Wildman–Crippen MR) is 280 cm³/mol. The molecule has 9 nitrogen and oxygen atoms in total. The van der Waals surface area contributed by atoms with Gasteiger partial charge in [-0.05, 0) is 80.4 Å². The van der Waals surface area contributed by atoms with Gasteiger partial charge in [0.2, 0.25) is 23.5 Å². The first kappa shape index (κ1) is 39.0. The second-order valence-electron chi connectivity index (χ2n) is 17.4. The SMILES string of the molecule is c1ccc(-c2cccc([Si](c3ccccc3)(c3ccccc3)c3cccc(-c4nc(-n5c6ccccc6n6c7ccccc7nc56)nc(-n5c6ccccc6n6c7ccccc7nc56)n4)c3)c2)cc1. The van der Waals surface area contributed by atoms with E-state index < -0.39 is 8.07 Å². The van der Waals surface area contributed by atoms with Crippen LogP contribution in [-0.4, -0.2) is 50.9 Å². The van der Waals surface area contributed by atoms with Crippen molar-refractivity contribution in [2.24, 2.45) is 0 Å². The average Bonchev–Trinajstić information content (AvgIpc) is 4.17. The molecule has 0 spiro atoms. The van der Waals surface area contributed by atoms with Crippen LogP contribution in [0.25, 0.3) is 90.1 Å². The molecule has 0 unspecified atom stereocenters. The van der Waals surface area contributed by atoms with Crippen LogP contribution in [0.4, 0.5) is 0 Å². The first-order valence-electron chi connectivity index (χ1n) is 23.1. The van der Waals surface area contributed by atoms with Crippen molar-refractivity contribution >= 4 is 84.5 Å². The van der Waals surface area contributed by atoms with Crippen LogP contribution >= 0.6 is 0 Å². The Bertz CT molecular complexity index is 4060. The number of rotatable bonds is 8. The van der Waals surface area contributed by atoms with Crippen LogP contribution in [0.2, 0.25) is 0 Å². The first-order chi connectivity index (χ1) is 34.2. The molecule has 0 aliphatic rings. The number of nitrogens with zero attached hydrogens (tertiary/aromatic N) is 9. The standard InChI is InChI=1S/C59H39N9Si/c1-4-20-40(21-5-1)41-22-18-28-45(38-41)69(43-24-6-2-7-25-43,44-26-8-3-9-27-44)46-29-19-23-42(39-46)55-62-56(67-53-36-16-14-34-51(53)65-49-32-12-10-30-47(49)60-58(65)67)64-57(63-55)68-54-37-17-15-35-52(54)66-50-33-13-11-31-48(50)61-59(66)68/h1-39H. The molecule has 0 aliphatic carbocycles. The Morgan fingerprint density at radius 1 is 0.275 bits per heavy atom. The summed E-state index contributed by atoms with van der Waals surface area (Å²) in [4.78, 5) is 26.9. The van der Waals surface area contributed by atoms with E-state index in [1.807, 2.05) is 24.3 Å². The zero-order valence-electron chi connectivity index (χ0n) is 37.0. The maximum Gasteiger partial charge on any atom is 0.242 e. The van der Waals surface area contributed by atoms with Gasteiger partial charge in [-0.15, -0.1) is 0 Å². The Morgan fingerprint density at radius 2 is 0.652 bits per heavy atom. The van der Waals surface area contributed by atoms with Crippen molar-refractivity contribution in [2.75, 3.05) is 0 Å². The summed E-state index contributed by atoms with van der Waals surface area (Å²) in [6.07, 6.45) is 0. The van der Waals surface area contributed by atoms with E-state index in [-0.39, 0.29) is 0 Å². The molecule has 9 aromatic carbocycles. The lowest BCUT2D eigenvalue weighted by Crippen LogP contribution is -2.74. The van der Waals surface area contributed by atoms with Crippen molar-refractivity contribution in [3.8, 4) is 34.4 Å². The van der Waals surface area contributed by atoms with E-state index in [2.05, 4.69) is 230 Å². The molecule has 324 valence electrons. The molecular formula is C59H39N9Si. The molecule has 0 radical (unpaired) electrons. The average molecular weight is 902 g/mol. The molecule has 0 bridgehead atoms. The Balaban J connectivity index is 1.07. The molecule has 14 aromatic rings. The van der Waals surface area contributed by atoms with E-state index >= 15 is 0 Å². The van der Waals surface area contributed by atoms with Gasteiger partial charge in [-0.3, -0.25) is 8.80 Å². The first-order valence-corrected chi connectivity index (χ1v) is 25.1. The predicted octanol–water partition coefficient (Wildman–Crippen LogP) is 10.1. The zero-order valence-corrected chi connectivity index (χ0v) is 38.0. The minimum absolute atomic E-state index is 0.444. The Kier molecular flexibility index (Phi) is 8.70. The Labute approximate surface area is 396 Å². The van der Waals surface area contributed by atoms with E-state index in [1.165, 1.54) is 31.9 Å². The topological polar surface area (TPSA) is 83.1 Å². The third kappa shape index (κ3) is 5.92. The van der Waals surface area contributed by atoms with Gasteiger partial charge in [0, 0.05) is 5.56 Å². The number of benzene rings is 9. The number of hydrogen-bond acceptors (Lipinski definition) is 5. The van der Waals surface area contributed by atoms with Crippen molar-refractivity contribution in [1.82, 2.24) is 42.9 Å². The van der Waals surface area contributed by atoms with Gasteiger partial charge in [-0.1, -0.05) is 188 Å². The molecule has 5 aromatic heterocycles. The van der Waals surface area contributed by atoms with Crippen LogP contribution < -0.4 is 20.7 Å². The van der Waals surface area contributed by atoms with Gasteiger partial charge >= 0.3 is 0 Å². The van der Waals surface area contributed by atoms with Gasteiger partial charge in [0.25, 0.3) is 0 Å². The summed E-state index contributed by atoms with van der Waals surface area (Å²) in [5.41, 5.74) is 10.8. The molecule has 0 amide bonds. The van der Waals surface area contributed by atoms with E-state index in [0.29, 0.717) is 29.3 Å². The lowest BCUT2D eigenvalue weighted by Gasteiger charge is -2.35. The molecule has 0 N–H and O–H groups in total. The Morgan fingerprint density at radius 3 is 1.16 bits per heavy atom. The molecule has 10 heteroatoms. The van der Waals surface area contributed by atoms with Crippen LogP contribution in [0.5, 0.6) is 0 Å². The third-order valence-electron chi connectivity index (χ3n) is 13.6. The Hall–Kier alpha value is -9.25. The monoisotopic (exact) mass is 901 g/mol. The third-order valence-corrected chi connectivity index (χ3v) is 18.3. The molecule has 0 atom stereocenters. The minimum atomic E-state index is -3.05. The zero-order chi connectivity index (χ0) is 45.5. The highest BCUT2D eigenvalue weighted by molar-refractivity contribution is 7.20. The van der Waals surface area contributed by atoms with E-state index in [4.69, 9.17) is 24.9 Å². The summed E-state index contributed by atoms with van der Waals surface area (Å²) in [6, 6.07) is 84.0. The van der Waals surface area contributed by atoms with Crippen LogP contribution in [0.1, 0.15) is 0 Å². The highest BCUT2D eigenvalue weighted by Gasteiger charge is 2.42. The fraction of sp³-hybridized carbons (Fsp3) is 0. The minimum Gasteiger partial charge on any atom is -0.276 e. The van der Waals surface area contributed by atoms with Crippen LogP contribution in [0, 0.1) is 0 Å². The largest absolute Gasteiger partial charge is 0.276 e. The van der Waals surface area contributed by atoms with Crippen molar-refractivity contribution in [1.29, 1.82) is 0 Å². The van der Waals surface area contributed by atoms with Crippen LogP contribution in [0.3, 0.4) is 0 Å². The van der Waals surface area contributed by atoms with Crippen molar-refractivity contribution < 1.29 is 0 Å². The summed E-state index contributed by atoms with van der Waals surface area (Å²) >= 11 is 0. The molecule has 0 saturated heterocycles. The maximum absolute atomic E-state index is 5.49. The number of para-hydroxylation sites is 8. The molecule has 14 rings (SSSR count). The summed E-state index contributed by atoms with van der Waals surface area (Å²) in [7, 11) is -3.05. The van der Waals surface area contributed by atoms with Gasteiger partial charge in [-0.2, -0.15) is 15.0 Å². The smallest absolute Gasteiger partial charge is 0.242 e. The summed E-state index contributed by atoms with van der Waals surface area (Å²) in [5, 5.41) is 5.02. The number of fused-ring (bicyclic) bond motifs is 10. The van der Waals surface area contributed by atoms with E-state index in [9.17, 15) is 0 Å². The summed E-state index contributed by atoms with van der Waals surface area (Å²) in [6.45, 7) is 0. The van der Waals surface area contributed by atoms with Gasteiger partial charge < -0.3 is 0 Å². The molecular weight excluding hydrogens is 863 g/mol. The van der Waals surface area contributed by atoms with Crippen molar-refractivity contribution in [3.05, 3.63) is 237 Å². The van der Waals surface area contributed by atoms with Crippen molar-refractivity contribution in [3.63, 3.8) is 0 Å². The van der Waals surface area contributed by atoms with Gasteiger partial charge in [0.15, 0.2) is 13.9 Å². The molecule has 0 fully saturated rings. The highest BCUT2D eigenvalue weighted by atomic mass is 28.3. The number of aromatic nitrogens is 9. The van der Waals surface area contributed by atoms with E-state index in [1.54, 1.807) is 0 Å². The normalized spacial score (nSPS) is 12.1. The summed E-state index contributed by atoms with van der Waals surface area (Å²) in [5.74, 6) is 2.83. The fourth-order valence-electron chi connectivity index (χ4n) is 10.6. The van der Waals surface area contributed by atoms with Crippen LogP contribution in [-0.2, 0) is 0 Å². The number of imidazole rings is 4. The fourth-order valence-corrected chi connectivity index (χ4v) is 15.4. The molecule has 0 saturated carbocycles. The van der Waals surface area contributed by atoms with E-state index in [0.717, 1.165) is 49.7 Å². The number of hydrogen-bond donors (Lipinski definition) is 0. The van der Waals surface area contributed by atoms with Crippen LogP contribution in [0.15, 0.2) is 237 Å². The second kappa shape index (κ2) is 15.4. The highest BCUT2D eigenvalue weighted by Crippen LogP contribution is 2.32. The molecule has 5 heterocycles. The summed E-state index contributed by atoms with van der Waals surface area (Å²) < 4.78 is 8.53. The maximum atomic E-state index is 5.49. The van der Waals surface area contributed by atoms with Gasteiger partial charge in [-0.25, -0.2) is 19.1 Å². The quantitative estimate of drug-likeness (QED) is 0.112. The van der Waals surface area contributed by atoms with Crippen molar-refractivity contribution in [2.45, 2.75) is 0 Å². The lowest BCUT2D eigenvalue weighted by atomic mass is 10.1. The van der Waals surface area contributed by atoms with Gasteiger partial charge in [0.1, 0.15) is 0 Å². The van der Waals surface area contributed by atoms with Gasteiger partial charge in [0.05, 0.1) is 44.1 Å². The lowest BCUT2D eigenvalue weighted by molar-refractivity contribution is 0.877.